The van der Waals surface area contributed by atoms with E-state index >= 15 is 0 Å². The van der Waals surface area contributed by atoms with E-state index in [1.807, 2.05) is 18.2 Å². The van der Waals surface area contributed by atoms with E-state index in [1.165, 1.54) is 36.9 Å². The lowest BCUT2D eigenvalue weighted by atomic mass is 10.1. The molecule has 0 amide bonds. The van der Waals surface area contributed by atoms with Crippen molar-refractivity contribution in [2.75, 3.05) is 11.8 Å². The maximum atomic E-state index is 13.2. The standard InChI is InChI=1S/C25H18N4O5S2/c1-33-25-19-10-15(12-26-25)22-11-18-24(35-22)23(28-13-27-18)21-8-6-16(34-21)5-7-20(30)14-3-2-4-17(9-14)36(31,32)29-19/h2-4,6,8-13,29H,5,7H2,1H3. The topological polar surface area (TPSA) is 124 Å². The second kappa shape index (κ2) is 8.54. The quantitative estimate of drug-likeness (QED) is 0.330. The summed E-state index contributed by atoms with van der Waals surface area (Å²) in [4.78, 5) is 26.8. The van der Waals surface area contributed by atoms with Crippen molar-refractivity contribution < 1.29 is 22.4 Å². The molecule has 0 atom stereocenters. The third-order valence-corrected chi connectivity index (χ3v) is 8.39. The first kappa shape index (κ1) is 22.4. The van der Waals surface area contributed by atoms with Gasteiger partial charge in [-0.3, -0.25) is 9.52 Å². The maximum absolute atomic E-state index is 13.2. The highest BCUT2D eigenvalue weighted by Crippen LogP contribution is 2.39. The molecule has 0 aliphatic carbocycles. The minimum atomic E-state index is -4.04. The van der Waals surface area contributed by atoms with E-state index in [2.05, 4.69) is 19.7 Å². The predicted molar refractivity (Wildman–Crippen MR) is 135 cm³/mol. The Balaban J connectivity index is 1.56. The van der Waals surface area contributed by atoms with Gasteiger partial charge in [0.25, 0.3) is 10.0 Å². The predicted octanol–water partition coefficient (Wildman–Crippen LogP) is 4.95. The number of nitrogens with zero attached hydrogens (tertiary/aromatic N) is 3. The number of aromatic nitrogens is 3. The fraction of sp³-hybridized carbons (Fsp3) is 0.120. The largest absolute Gasteiger partial charge is 0.480 e. The third kappa shape index (κ3) is 3.91. The Kier molecular flexibility index (Phi) is 5.31. The van der Waals surface area contributed by atoms with Gasteiger partial charge in [-0.15, -0.1) is 11.3 Å². The number of methoxy groups -OCH3 is 1. The number of thiophene rings is 1. The van der Waals surface area contributed by atoms with Gasteiger partial charge in [-0.1, -0.05) is 12.1 Å². The van der Waals surface area contributed by atoms with Crippen LogP contribution in [0.2, 0.25) is 0 Å². The molecule has 1 N–H and O–H groups in total. The molecule has 1 aliphatic heterocycles. The number of anilines is 1. The molecule has 0 spiro atoms. The highest BCUT2D eigenvalue weighted by molar-refractivity contribution is 7.92. The van der Waals surface area contributed by atoms with E-state index in [9.17, 15) is 13.2 Å². The summed E-state index contributed by atoms with van der Waals surface area (Å²) in [7, 11) is -2.62. The molecule has 8 bridgehead atoms. The molecular weight excluding hydrogens is 500 g/mol. The number of rotatable bonds is 1. The van der Waals surface area contributed by atoms with Crippen LogP contribution in [0.15, 0.2) is 70.4 Å². The van der Waals surface area contributed by atoms with Crippen LogP contribution in [0.1, 0.15) is 22.5 Å². The number of carbonyl (C=O) groups is 1. The van der Waals surface area contributed by atoms with Gasteiger partial charge in [0.15, 0.2) is 11.5 Å². The Labute approximate surface area is 209 Å². The molecule has 0 fully saturated rings. The van der Waals surface area contributed by atoms with Crippen molar-refractivity contribution in [2.24, 2.45) is 0 Å². The second-order valence-corrected chi connectivity index (χ2v) is 10.9. The van der Waals surface area contributed by atoms with Crippen LogP contribution >= 0.6 is 11.3 Å². The number of hydrogen-bond acceptors (Lipinski definition) is 9. The van der Waals surface area contributed by atoms with E-state index < -0.39 is 10.0 Å². The fourth-order valence-electron chi connectivity index (χ4n) is 4.06. The molecule has 5 heterocycles. The number of ether oxygens (including phenoxy) is 1. The summed E-state index contributed by atoms with van der Waals surface area (Å²) in [6.07, 6.45) is 3.61. The Hall–Kier alpha value is -4.09. The second-order valence-electron chi connectivity index (χ2n) is 8.15. The number of ketones is 1. The zero-order valence-electron chi connectivity index (χ0n) is 18.9. The SMILES string of the molecule is COc1ncc2cc1NS(=O)(=O)c1cccc(c1)C(=O)CCc1ccc(o1)-c1ncnc3cc-2sc13. The van der Waals surface area contributed by atoms with Crippen LogP contribution in [0.25, 0.3) is 32.1 Å². The number of aryl methyl sites for hydroxylation is 1. The van der Waals surface area contributed by atoms with Gasteiger partial charge in [0, 0.05) is 35.0 Å². The van der Waals surface area contributed by atoms with Crippen LogP contribution in [-0.4, -0.2) is 36.3 Å². The van der Waals surface area contributed by atoms with Gasteiger partial charge in [0.1, 0.15) is 23.5 Å². The first-order chi connectivity index (χ1) is 17.4. The highest BCUT2D eigenvalue weighted by atomic mass is 32.2. The summed E-state index contributed by atoms with van der Waals surface area (Å²) in [6.45, 7) is 0. The summed E-state index contributed by atoms with van der Waals surface area (Å²) in [6, 6.07) is 13.2. The molecule has 11 heteroatoms. The number of pyridine rings is 1. The molecule has 4 aromatic heterocycles. The van der Waals surface area contributed by atoms with Crippen LogP contribution in [0.5, 0.6) is 5.88 Å². The first-order valence-corrected chi connectivity index (χ1v) is 13.3. The summed E-state index contributed by atoms with van der Waals surface area (Å²) in [5, 5.41) is 0. The Morgan fingerprint density at radius 1 is 1.03 bits per heavy atom. The summed E-state index contributed by atoms with van der Waals surface area (Å²) in [5.74, 6) is 1.15. The average molecular weight is 519 g/mol. The van der Waals surface area contributed by atoms with Gasteiger partial charge in [0.2, 0.25) is 5.88 Å². The monoisotopic (exact) mass is 518 g/mol. The van der Waals surface area contributed by atoms with Crippen molar-refractivity contribution in [2.45, 2.75) is 17.7 Å². The van der Waals surface area contributed by atoms with Gasteiger partial charge in [-0.2, -0.15) is 0 Å². The zero-order chi connectivity index (χ0) is 24.9. The average Bonchev–Trinajstić information content (AvgIpc) is 3.54. The van der Waals surface area contributed by atoms with Crippen molar-refractivity contribution in [1.29, 1.82) is 0 Å². The van der Waals surface area contributed by atoms with Crippen molar-refractivity contribution in [3.05, 3.63) is 72.4 Å². The van der Waals surface area contributed by atoms with Gasteiger partial charge in [-0.05, 0) is 36.4 Å². The molecule has 1 aromatic carbocycles. The maximum Gasteiger partial charge on any atom is 0.262 e. The van der Waals surface area contributed by atoms with Crippen molar-refractivity contribution in [1.82, 2.24) is 15.0 Å². The zero-order valence-corrected chi connectivity index (χ0v) is 20.5. The molecule has 180 valence electrons. The van der Waals surface area contributed by atoms with Crippen LogP contribution in [0.4, 0.5) is 5.69 Å². The van der Waals surface area contributed by atoms with E-state index in [0.29, 0.717) is 34.8 Å². The number of hydrogen-bond donors (Lipinski definition) is 1. The highest BCUT2D eigenvalue weighted by Gasteiger charge is 2.22. The minimum Gasteiger partial charge on any atom is -0.480 e. The molecule has 0 saturated carbocycles. The lowest BCUT2D eigenvalue weighted by molar-refractivity contribution is 0.0980. The molecule has 0 unspecified atom stereocenters. The number of fused-ring (bicyclic) bond motifs is 9. The normalized spacial score (nSPS) is 14.8. The van der Waals surface area contributed by atoms with Gasteiger partial charge in [0.05, 0.1) is 22.2 Å². The number of furan rings is 1. The van der Waals surface area contributed by atoms with Gasteiger partial charge < -0.3 is 9.15 Å². The first-order valence-electron chi connectivity index (χ1n) is 11.0. The number of carbonyl (C=O) groups excluding carboxylic acids is 1. The summed E-state index contributed by atoms with van der Waals surface area (Å²) in [5.41, 5.74) is 2.51. The molecular formula is C25H18N4O5S2. The Morgan fingerprint density at radius 3 is 2.78 bits per heavy atom. The molecule has 0 saturated heterocycles. The molecule has 5 aromatic rings. The number of sulfonamides is 1. The lowest BCUT2D eigenvalue weighted by Crippen LogP contribution is -2.15. The van der Waals surface area contributed by atoms with E-state index in [1.54, 1.807) is 24.4 Å². The number of benzene rings is 1. The van der Waals surface area contributed by atoms with Crippen LogP contribution in [-0.2, 0) is 16.4 Å². The molecule has 36 heavy (non-hydrogen) atoms. The van der Waals surface area contributed by atoms with Gasteiger partial charge >= 0.3 is 0 Å². The van der Waals surface area contributed by atoms with Crippen molar-refractivity contribution in [3.63, 3.8) is 0 Å². The number of nitrogens with one attached hydrogen (secondary N) is 1. The van der Waals surface area contributed by atoms with E-state index in [4.69, 9.17) is 9.15 Å². The molecule has 0 radical (unpaired) electrons. The number of Topliss-reactive ketones (excluding diaryl/α,β-unsaturated/α-hetero) is 1. The van der Waals surface area contributed by atoms with E-state index in [-0.39, 0.29) is 28.7 Å². The fourth-order valence-corrected chi connectivity index (χ4v) is 6.24. The smallest absolute Gasteiger partial charge is 0.262 e. The van der Waals surface area contributed by atoms with Crippen LogP contribution < -0.4 is 9.46 Å². The molecule has 1 aliphatic rings. The van der Waals surface area contributed by atoms with Crippen molar-refractivity contribution in [3.8, 4) is 27.8 Å². The van der Waals surface area contributed by atoms with Crippen molar-refractivity contribution >= 4 is 43.0 Å². The Morgan fingerprint density at radius 2 is 1.92 bits per heavy atom. The van der Waals surface area contributed by atoms with Gasteiger partial charge in [-0.25, -0.2) is 23.4 Å². The van der Waals surface area contributed by atoms with Crippen LogP contribution in [0.3, 0.4) is 0 Å². The minimum absolute atomic E-state index is 0.0380. The molecule has 9 nitrogen and oxygen atoms in total. The molecule has 6 rings (SSSR count). The lowest BCUT2D eigenvalue weighted by Gasteiger charge is -2.13. The third-order valence-electron chi connectivity index (χ3n) is 5.84. The summed E-state index contributed by atoms with van der Waals surface area (Å²) < 4.78 is 41.2. The Bertz CT molecular complexity index is 1760. The van der Waals surface area contributed by atoms with Crippen LogP contribution in [0, 0.1) is 0 Å². The summed E-state index contributed by atoms with van der Waals surface area (Å²) >= 11 is 1.44. The van der Waals surface area contributed by atoms with E-state index in [0.717, 1.165) is 15.1 Å².